The van der Waals surface area contributed by atoms with Gasteiger partial charge in [-0.2, -0.15) is 0 Å². The Bertz CT molecular complexity index is 528. The van der Waals surface area contributed by atoms with Crippen LogP contribution in [0.5, 0.6) is 0 Å². The number of nitrogens with one attached hydrogen (secondary N) is 1. The summed E-state index contributed by atoms with van der Waals surface area (Å²) in [5.41, 5.74) is 7.95. The predicted molar refractivity (Wildman–Crippen MR) is 75.3 cm³/mol. The van der Waals surface area contributed by atoms with Crippen molar-refractivity contribution in [2.24, 2.45) is 0 Å². The van der Waals surface area contributed by atoms with Crippen LogP contribution in [0.2, 0.25) is 0 Å². The Morgan fingerprint density at radius 3 is 2.58 bits per heavy atom. The lowest BCUT2D eigenvalue weighted by Crippen LogP contribution is -2.07. The van der Waals surface area contributed by atoms with Crippen molar-refractivity contribution in [3.05, 3.63) is 59.9 Å². The number of nitrogen functional groups attached to an aromatic ring is 1. The predicted octanol–water partition coefficient (Wildman–Crippen LogP) is 2.94. The van der Waals surface area contributed by atoms with Gasteiger partial charge in [-0.25, -0.2) is 4.39 Å². The van der Waals surface area contributed by atoms with Gasteiger partial charge in [0.25, 0.3) is 0 Å². The standard InChI is InChI=1S/C15H17FN2O/c16-12-4-6-14(7-5-12)18-9-8-15(19)11-2-1-3-13(17)10-11/h1-7,10,15,18-19H,8-9,17H2. The second kappa shape index (κ2) is 6.20. The van der Waals surface area contributed by atoms with E-state index in [0.717, 1.165) is 11.3 Å². The molecule has 2 aromatic rings. The number of aliphatic hydroxyl groups is 1. The zero-order valence-corrected chi connectivity index (χ0v) is 10.5. The van der Waals surface area contributed by atoms with Gasteiger partial charge in [0.05, 0.1) is 6.10 Å². The van der Waals surface area contributed by atoms with Crippen LogP contribution in [0, 0.1) is 5.82 Å². The average Bonchev–Trinajstić information content (AvgIpc) is 2.41. The maximum Gasteiger partial charge on any atom is 0.123 e. The van der Waals surface area contributed by atoms with Crippen LogP contribution >= 0.6 is 0 Å². The minimum Gasteiger partial charge on any atom is -0.399 e. The summed E-state index contributed by atoms with van der Waals surface area (Å²) in [5, 5.41) is 13.1. The SMILES string of the molecule is Nc1cccc(C(O)CCNc2ccc(F)cc2)c1. The molecule has 4 heteroatoms. The highest BCUT2D eigenvalue weighted by Crippen LogP contribution is 2.19. The van der Waals surface area contributed by atoms with E-state index in [1.54, 1.807) is 24.3 Å². The Balaban J connectivity index is 1.84. The second-order valence-electron chi connectivity index (χ2n) is 4.41. The summed E-state index contributed by atoms with van der Waals surface area (Å²) < 4.78 is 12.7. The van der Waals surface area contributed by atoms with Crippen LogP contribution in [0.1, 0.15) is 18.1 Å². The Morgan fingerprint density at radius 2 is 1.89 bits per heavy atom. The van der Waals surface area contributed by atoms with Gasteiger partial charge in [-0.3, -0.25) is 0 Å². The molecule has 0 aliphatic carbocycles. The fraction of sp³-hybridized carbons (Fsp3) is 0.200. The number of halogens is 1. The third kappa shape index (κ3) is 3.96. The second-order valence-corrected chi connectivity index (χ2v) is 4.41. The molecular formula is C15H17FN2O. The number of hydrogen-bond donors (Lipinski definition) is 3. The summed E-state index contributed by atoms with van der Waals surface area (Å²) in [6.45, 7) is 0.599. The maximum absolute atomic E-state index is 12.7. The topological polar surface area (TPSA) is 58.3 Å². The van der Waals surface area contributed by atoms with E-state index in [1.165, 1.54) is 12.1 Å². The summed E-state index contributed by atoms with van der Waals surface area (Å²) in [7, 11) is 0. The van der Waals surface area contributed by atoms with Gasteiger partial charge in [-0.05, 0) is 48.4 Å². The van der Waals surface area contributed by atoms with Gasteiger partial charge in [0, 0.05) is 17.9 Å². The number of hydrogen-bond acceptors (Lipinski definition) is 3. The molecule has 0 spiro atoms. The van der Waals surface area contributed by atoms with Crippen LogP contribution in [0.4, 0.5) is 15.8 Å². The molecule has 0 fully saturated rings. The molecule has 3 nitrogen and oxygen atoms in total. The Hall–Kier alpha value is -2.07. The van der Waals surface area contributed by atoms with E-state index in [-0.39, 0.29) is 5.82 Å². The summed E-state index contributed by atoms with van der Waals surface area (Å²) in [6.07, 6.45) is -0.00247. The van der Waals surface area contributed by atoms with E-state index < -0.39 is 6.10 Å². The first-order chi connectivity index (χ1) is 9.15. The highest BCUT2D eigenvalue weighted by atomic mass is 19.1. The van der Waals surface area contributed by atoms with Crippen LogP contribution in [0.3, 0.4) is 0 Å². The first-order valence-electron chi connectivity index (χ1n) is 6.18. The number of anilines is 2. The van der Waals surface area contributed by atoms with E-state index in [1.807, 2.05) is 12.1 Å². The number of aliphatic hydroxyl groups excluding tert-OH is 1. The van der Waals surface area contributed by atoms with Crippen molar-refractivity contribution in [1.29, 1.82) is 0 Å². The van der Waals surface area contributed by atoms with Crippen molar-refractivity contribution in [2.45, 2.75) is 12.5 Å². The molecular weight excluding hydrogens is 243 g/mol. The van der Waals surface area contributed by atoms with E-state index in [4.69, 9.17) is 5.73 Å². The van der Waals surface area contributed by atoms with Crippen molar-refractivity contribution in [3.63, 3.8) is 0 Å². The molecule has 0 saturated heterocycles. The van der Waals surface area contributed by atoms with Gasteiger partial charge in [0.15, 0.2) is 0 Å². The molecule has 2 aromatic carbocycles. The van der Waals surface area contributed by atoms with E-state index >= 15 is 0 Å². The van der Waals surface area contributed by atoms with Crippen molar-refractivity contribution in [1.82, 2.24) is 0 Å². The van der Waals surface area contributed by atoms with Gasteiger partial charge >= 0.3 is 0 Å². The fourth-order valence-corrected chi connectivity index (χ4v) is 1.85. The van der Waals surface area contributed by atoms with E-state index in [0.29, 0.717) is 18.7 Å². The Labute approximate surface area is 111 Å². The summed E-state index contributed by atoms with van der Waals surface area (Å²) in [5.74, 6) is -0.259. The van der Waals surface area contributed by atoms with Crippen molar-refractivity contribution in [2.75, 3.05) is 17.6 Å². The monoisotopic (exact) mass is 260 g/mol. The molecule has 0 aromatic heterocycles. The zero-order chi connectivity index (χ0) is 13.7. The molecule has 19 heavy (non-hydrogen) atoms. The summed E-state index contributed by atoms with van der Waals surface area (Å²) >= 11 is 0. The molecule has 100 valence electrons. The number of rotatable bonds is 5. The van der Waals surface area contributed by atoms with Crippen molar-refractivity contribution >= 4 is 11.4 Å². The number of nitrogens with two attached hydrogens (primary N) is 1. The molecule has 1 atom stereocenters. The molecule has 0 saturated carbocycles. The summed E-state index contributed by atoms with van der Waals surface area (Å²) in [6, 6.07) is 13.4. The third-order valence-electron chi connectivity index (χ3n) is 2.89. The van der Waals surface area contributed by atoms with E-state index in [2.05, 4.69) is 5.32 Å². The lowest BCUT2D eigenvalue weighted by atomic mass is 10.1. The van der Waals surface area contributed by atoms with Crippen LogP contribution in [0.25, 0.3) is 0 Å². The molecule has 2 rings (SSSR count). The quantitative estimate of drug-likeness (QED) is 0.724. The molecule has 0 amide bonds. The van der Waals surface area contributed by atoms with Crippen LogP contribution in [-0.2, 0) is 0 Å². The maximum atomic E-state index is 12.7. The smallest absolute Gasteiger partial charge is 0.123 e. The molecule has 0 heterocycles. The first-order valence-corrected chi connectivity index (χ1v) is 6.18. The molecule has 0 aliphatic heterocycles. The Kier molecular flexibility index (Phi) is 4.36. The van der Waals surface area contributed by atoms with Crippen molar-refractivity contribution < 1.29 is 9.50 Å². The molecule has 0 aliphatic rings. The highest BCUT2D eigenvalue weighted by molar-refractivity contribution is 5.43. The molecule has 0 radical (unpaired) electrons. The van der Waals surface area contributed by atoms with Gasteiger partial charge in [0.1, 0.15) is 5.82 Å². The van der Waals surface area contributed by atoms with Gasteiger partial charge in [0.2, 0.25) is 0 Å². The number of benzene rings is 2. The Morgan fingerprint density at radius 1 is 1.16 bits per heavy atom. The van der Waals surface area contributed by atoms with Crippen molar-refractivity contribution in [3.8, 4) is 0 Å². The molecule has 4 N–H and O–H groups in total. The minimum absolute atomic E-state index is 0.259. The van der Waals surface area contributed by atoms with Gasteiger partial charge in [-0.1, -0.05) is 12.1 Å². The minimum atomic E-state index is -0.559. The normalized spacial score (nSPS) is 12.1. The molecule has 0 bridgehead atoms. The lowest BCUT2D eigenvalue weighted by molar-refractivity contribution is 0.172. The van der Waals surface area contributed by atoms with Crippen LogP contribution < -0.4 is 11.1 Å². The first kappa shape index (κ1) is 13.4. The van der Waals surface area contributed by atoms with Crippen LogP contribution in [0.15, 0.2) is 48.5 Å². The third-order valence-corrected chi connectivity index (χ3v) is 2.89. The largest absolute Gasteiger partial charge is 0.399 e. The van der Waals surface area contributed by atoms with Crippen LogP contribution in [-0.4, -0.2) is 11.7 Å². The highest BCUT2D eigenvalue weighted by Gasteiger charge is 2.07. The average molecular weight is 260 g/mol. The summed E-state index contributed by atoms with van der Waals surface area (Å²) in [4.78, 5) is 0. The lowest BCUT2D eigenvalue weighted by Gasteiger charge is -2.12. The molecule has 1 unspecified atom stereocenters. The zero-order valence-electron chi connectivity index (χ0n) is 10.5. The van der Waals surface area contributed by atoms with E-state index in [9.17, 15) is 9.50 Å². The fourth-order valence-electron chi connectivity index (χ4n) is 1.85. The van der Waals surface area contributed by atoms with Gasteiger partial charge in [-0.15, -0.1) is 0 Å². The van der Waals surface area contributed by atoms with Gasteiger partial charge < -0.3 is 16.2 Å².